The fourth-order valence-corrected chi connectivity index (χ4v) is 6.21. The smallest absolute Gasteiger partial charge is 0.217 e. The van der Waals surface area contributed by atoms with Crippen molar-refractivity contribution in [3.05, 3.63) is 23.3 Å². The third-order valence-electron chi connectivity index (χ3n) is 5.07. The molecule has 2 fully saturated rings. The van der Waals surface area contributed by atoms with E-state index in [9.17, 15) is 8.42 Å². The highest BCUT2D eigenvalue weighted by Crippen LogP contribution is 2.39. The molecule has 1 aromatic heterocycles. The molecule has 1 aliphatic carbocycles. The maximum atomic E-state index is 13.1. The van der Waals surface area contributed by atoms with Crippen molar-refractivity contribution < 1.29 is 8.42 Å². The number of aryl methyl sites for hydroxylation is 1. The summed E-state index contributed by atoms with van der Waals surface area (Å²) < 4.78 is 28.0. The van der Waals surface area contributed by atoms with Crippen molar-refractivity contribution >= 4 is 10.0 Å². The first-order valence-corrected chi connectivity index (χ1v) is 10.4. The molecule has 1 unspecified atom stereocenters. The molecule has 0 radical (unpaired) electrons. The highest BCUT2D eigenvalue weighted by Gasteiger charge is 2.42. The molecule has 1 aliphatic heterocycles. The number of aromatic nitrogens is 2. The second-order valence-electron chi connectivity index (χ2n) is 7.29. The Hall–Kier alpha value is -1.05. The summed E-state index contributed by atoms with van der Waals surface area (Å²) >= 11 is 0. The first kappa shape index (κ1) is 17.8. The van der Waals surface area contributed by atoms with Crippen LogP contribution in [0.5, 0.6) is 0 Å². The normalized spacial score (nSPS) is 23.4. The third kappa shape index (κ3) is 3.48. The van der Waals surface area contributed by atoms with Crippen molar-refractivity contribution in [2.75, 3.05) is 20.6 Å². The number of nitrogens with zero attached hydrogens (tertiary/aromatic N) is 4. The number of hydrogen-bond acceptors (Lipinski definition) is 5. The van der Waals surface area contributed by atoms with Gasteiger partial charge < -0.3 is 4.90 Å². The lowest BCUT2D eigenvalue weighted by molar-refractivity contribution is 0.366. The van der Waals surface area contributed by atoms with Gasteiger partial charge in [0.1, 0.15) is 5.82 Å². The lowest BCUT2D eigenvalue weighted by Crippen LogP contribution is -2.38. The van der Waals surface area contributed by atoms with E-state index >= 15 is 0 Å². The Labute approximate surface area is 145 Å². The summed E-state index contributed by atoms with van der Waals surface area (Å²) in [6.45, 7) is 3.21. The molecule has 0 N–H and O–H groups in total. The van der Waals surface area contributed by atoms with E-state index in [1.165, 1.54) is 0 Å². The predicted octanol–water partition coefficient (Wildman–Crippen LogP) is 2.26. The topological polar surface area (TPSA) is 66.4 Å². The summed E-state index contributed by atoms with van der Waals surface area (Å²) in [5.74, 6) is 0.706. The van der Waals surface area contributed by atoms with Gasteiger partial charge >= 0.3 is 0 Å². The molecule has 134 valence electrons. The number of rotatable bonds is 5. The van der Waals surface area contributed by atoms with Gasteiger partial charge in [0.15, 0.2) is 0 Å². The summed E-state index contributed by atoms with van der Waals surface area (Å²) in [6.07, 6.45) is 7.28. The van der Waals surface area contributed by atoms with Crippen LogP contribution in [-0.4, -0.2) is 53.5 Å². The first-order chi connectivity index (χ1) is 11.4. The van der Waals surface area contributed by atoms with Crippen LogP contribution in [0, 0.1) is 6.92 Å². The third-order valence-corrected chi connectivity index (χ3v) is 7.48. The molecule has 2 heterocycles. The van der Waals surface area contributed by atoms with Crippen LogP contribution < -0.4 is 0 Å². The summed E-state index contributed by atoms with van der Waals surface area (Å²) in [7, 11) is 0.776. The fourth-order valence-electron chi connectivity index (χ4n) is 3.96. The predicted molar refractivity (Wildman–Crippen MR) is 94.0 cm³/mol. The Balaban J connectivity index is 1.94. The molecule has 24 heavy (non-hydrogen) atoms. The van der Waals surface area contributed by atoms with Gasteiger partial charge in [0, 0.05) is 24.8 Å². The van der Waals surface area contributed by atoms with Crippen LogP contribution in [0.3, 0.4) is 0 Å². The van der Waals surface area contributed by atoms with Gasteiger partial charge in [-0.3, -0.25) is 0 Å². The zero-order valence-corrected chi connectivity index (χ0v) is 15.7. The molecular formula is C17H28N4O2S. The largest absolute Gasteiger partial charge is 0.305 e. The van der Waals surface area contributed by atoms with E-state index in [1.54, 1.807) is 4.31 Å². The first-order valence-electron chi connectivity index (χ1n) is 8.87. The Morgan fingerprint density at radius 3 is 2.58 bits per heavy atom. The van der Waals surface area contributed by atoms with Gasteiger partial charge in [-0.2, -0.15) is 4.31 Å². The average Bonchev–Trinajstić information content (AvgIpc) is 3.20. The fraction of sp³-hybridized carbons (Fsp3) is 0.765. The number of hydrogen-bond donors (Lipinski definition) is 0. The average molecular weight is 353 g/mol. The lowest BCUT2D eigenvalue weighted by Gasteiger charge is -2.28. The second-order valence-corrected chi connectivity index (χ2v) is 9.45. The molecule has 1 aromatic rings. The van der Waals surface area contributed by atoms with Crippen molar-refractivity contribution in [2.24, 2.45) is 0 Å². The summed E-state index contributed by atoms with van der Waals surface area (Å²) in [4.78, 5) is 11.0. The number of sulfonamides is 1. The van der Waals surface area contributed by atoms with E-state index in [-0.39, 0.29) is 11.3 Å². The molecule has 1 saturated heterocycles. The minimum Gasteiger partial charge on any atom is -0.305 e. The zero-order chi connectivity index (χ0) is 17.3. The van der Waals surface area contributed by atoms with E-state index < -0.39 is 10.0 Å². The van der Waals surface area contributed by atoms with E-state index in [2.05, 4.69) is 14.9 Å². The molecule has 1 saturated carbocycles. The molecule has 7 heteroatoms. The highest BCUT2D eigenvalue weighted by atomic mass is 32.2. The van der Waals surface area contributed by atoms with Crippen LogP contribution >= 0.6 is 0 Å². The summed E-state index contributed by atoms with van der Waals surface area (Å²) in [6, 6.07) is -0.132. The minimum absolute atomic E-state index is 0.132. The van der Waals surface area contributed by atoms with Crippen molar-refractivity contribution in [3.63, 3.8) is 0 Å². The molecular weight excluding hydrogens is 324 g/mol. The molecule has 2 aliphatic rings. The van der Waals surface area contributed by atoms with Gasteiger partial charge in [-0.05, 0) is 46.7 Å². The van der Waals surface area contributed by atoms with Crippen molar-refractivity contribution in [1.29, 1.82) is 0 Å². The van der Waals surface area contributed by atoms with E-state index in [1.807, 2.05) is 27.2 Å². The maximum Gasteiger partial charge on any atom is 0.217 e. The van der Waals surface area contributed by atoms with Crippen LogP contribution in [-0.2, 0) is 16.6 Å². The van der Waals surface area contributed by atoms with Gasteiger partial charge in [0.25, 0.3) is 0 Å². The van der Waals surface area contributed by atoms with Crippen molar-refractivity contribution in [1.82, 2.24) is 19.2 Å². The van der Waals surface area contributed by atoms with Crippen LogP contribution in [0.4, 0.5) is 0 Å². The standard InChI is InChI=1S/C17H28N4O2S/c1-13-18-11-14(12-20(2)3)17(19-13)16-9-6-10-21(16)24(22,23)15-7-4-5-8-15/h11,15-16H,4-10,12H2,1-3H3. The van der Waals surface area contributed by atoms with Gasteiger partial charge in [-0.15, -0.1) is 0 Å². The molecule has 0 amide bonds. The molecule has 0 bridgehead atoms. The molecule has 1 atom stereocenters. The summed E-state index contributed by atoms with van der Waals surface area (Å²) in [5.41, 5.74) is 1.93. The Morgan fingerprint density at radius 1 is 1.21 bits per heavy atom. The van der Waals surface area contributed by atoms with Crippen LogP contribution in [0.1, 0.15) is 61.6 Å². The highest BCUT2D eigenvalue weighted by molar-refractivity contribution is 7.89. The van der Waals surface area contributed by atoms with Crippen LogP contribution in [0.15, 0.2) is 6.20 Å². The Bertz CT molecular complexity index is 684. The molecule has 0 aromatic carbocycles. The summed E-state index contributed by atoms with van der Waals surface area (Å²) in [5, 5.41) is -0.196. The van der Waals surface area contributed by atoms with E-state index in [0.29, 0.717) is 12.4 Å². The van der Waals surface area contributed by atoms with Gasteiger partial charge in [-0.1, -0.05) is 12.8 Å². The Morgan fingerprint density at radius 2 is 1.92 bits per heavy atom. The molecule has 3 rings (SSSR count). The Kier molecular flexibility index (Phi) is 5.22. The second kappa shape index (κ2) is 7.06. The van der Waals surface area contributed by atoms with Crippen LogP contribution in [0.25, 0.3) is 0 Å². The monoisotopic (exact) mass is 352 g/mol. The van der Waals surface area contributed by atoms with Crippen LogP contribution in [0.2, 0.25) is 0 Å². The molecule has 0 spiro atoms. The van der Waals surface area contributed by atoms with Crippen molar-refractivity contribution in [2.45, 2.75) is 63.3 Å². The van der Waals surface area contributed by atoms with Crippen molar-refractivity contribution in [3.8, 4) is 0 Å². The lowest BCUT2D eigenvalue weighted by atomic mass is 10.1. The SMILES string of the molecule is Cc1ncc(CN(C)C)c(C2CCCN2S(=O)(=O)C2CCCC2)n1. The van der Waals surface area contributed by atoms with E-state index in [0.717, 1.165) is 56.3 Å². The van der Waals surface area contributed by atoms with Gasteiger partial charge in [0.05, 0.1) is 17.0 Å². The van der Waals surface area contributed by atoms with Gasteiger partial charge in [0.2, 0.25) is 10.0 Å². The minimum atomic E-state index is -3.23. The van der Waals surface area contributed by atoms with Gasteiger partial charge in [-0.25, -0.2) is 18.4 Å². The zero-order valence-electron chi connectivity index (χ0n) is 14.9. The van der Waals surface area contributed by atoms with E-state index in [4.69, 9.17) is 0 Å². The molecule has 6 nitrogen and oxygen atoms in total. The maximum absolute atomic E-state index is 13.1. The quantitative estimate of drug-likeness (QED) is 0.813.